The highest BCUT2D eigenvalue weighted by Gasteiger charge is 2.32. The molecule has 1 saturated heterocycles. The molecule has 1 aliphatic heterocycles. The summed E-state index contributed by atoms with van der Waals surface area (Å²) < 4.78 is 31.3. The van der Waals surface area contributed by atoms with Crippen LogP contribution < -0.4 is 0 Å². The van der Waals surface area contributed by atoms with Gasteiger partial charge in [-0.15, -0.1) is 5.06 Å². The van der Waals surface area contributed by atoms with Crippen LogP contribution in [0.2, 0.25) is 0 Å². The molecular weight excluding hydrogens is 390 g/mol. The number of hydrogen-bond donors (Lipinski definition) is 0. The maximum absolute atomic E-state index is 11.5. The fourth-order valence-electron chi connectivity index (χ4n) is 2.08. The first-order valence-corrected chi connectivity index (χ1v) is 9.59. The summed E-state index contributed by atoms with van der Waals surface area (Å²) >= 11 is 0. The molecule has 11 nitrogen and oxygen atoms in total. The molecule has 0 aromatic rings. The highest BCUT2D eigenvalue weighted by molar-refractivity contribution is 6.01. The number of rotatable bonds is 19. The quantitative estimate of drug-likeness (QED) is 0.203. The van der Waals surface area contributed by atoms with Crippen LogP contribution in [0.4, 0.5) is 0 Å². The highest BCUT2D eigenvalue weighted by Crippen LogP contribution is 2.12. The summed E-state index contributed by atoms with van der Waals surface area (Å²) in [5, 5.41) is 0.521. The lowest BCUT2D eigenvalue weighted by Crippen LogP contribution is -2.32. The zero-order valence-corrected chi connectivity index (χ0v) is 16.9. The largest absolute Gasteiger partial charge is 0.382 e. The molecule has 0 saturated carbocycles. The molecule has 0 radical (unpaired) electrons. The van der Waals surface area contributed by atoms with Gasteiger partial charge in [-0.05, 0) is 0 Å². The number of methoxy groups -OCH3 is 1. The van der Waals surface area contributed by atoms with E-state index in [2.05, 4.69) is 0 Å². The summed E-state index contributed by atoms with van der Waals surface area (Å²) in [7, 11) is 1.62. The van der Waals surface area contributed by atoms with E-state index in [4.69, 9.17) is 33.3 Å². The zero-order valence-electron chi connectivity index (χ0n) is 16.9. The van der Waals surface area contributed by atoms with Crippen molar-refractivity contribution in [1.29, 1.82) is 0 Å². The van der Waals surface area contributed by atoms with Gasteiger partial charge in [0.2, 0.25) is 0 Å². The van der Waals surface area contributed by atoms with Gasteiger partial charge in [0.05, 0.1) is 79.1 Å². The third-order valence-electron chi connectivity index (χ3n) is 3.57. The minimum Gasteiger partial charge on any atom is -0.382 e. The molecule has 0 unspecified atom stereocenters. The van der Waals surface area contributed by atoms with Crippen molar-refractivity contribution in [1.82, 2.24) is 5.06 Å². The SMILES string of the molecule is COCCOCCOCCOCCOCCOCCC(=O)ON1C(=O)CCC1=O. The topological polar surface area (TPSA) is 119 Å². The molecule has 2 amide bonds. The second-order valence-corrected chi connectivity index (χ2v) is 5.85. The molecule has 0 aromatic heterocycles. The smallest absolute Gasteiger partial charge is 0.335 e. The average molecular weight is 421 g/mol. The lowest BCUT2D eigenvalue weighted by molar-refractivity contribution is -0.198. The van der Waals surface area contributed by atoms with Crippen molar-refractivity contribution < 1.29 is 47.6 Å². The van der Waals surface area contributed by atoms with Gasteiger partial charge in [-0.25, -0.2) is 4.79 Å². The fourth-order valence-corrected chi connectivity index (χ4v) is 2.08. The Bertz CT molecular complexity index is 458. The van der Waals surface area contributed by atoms with E-state index in [1.54, 1.807) is 7.11 Å². The van der Waals surface area contributed by atoms with Crippen LogP contribution in [0.1, 0.15) is 19.3 Å². The second kappa shape index (κ2) is 17.2. The van der Waals surface area contributed by atoms with Gasteiger partial charge < -0.3 is 33.3 Å². The van der Waals surface area contributed by atoms with Gasteiger partial charge in [0.1, 0.15) is 0 Å². The van der Waals surface area contributed by atoms with E-state index in [-0.39, 0.29) is 25.9 Å². The Labute approximate surface area is 170 Å². The van der Waals surface area contributed by atoms with Crippen molar-refractivity contribution in [2.75, 3.05) is 79.8 Å². The van der Waals surface area contributed by atoms with Crippen molar-refractivity contribution in [3.63, 3.8) is 0 Å². The minimum atomic E-state index is -0.688. The molecule has 1 aliphatic rings. The summed E-state index contributed by atoms with van der Waals surface area (Å²) in [5.74, 6) is -1.69. The van der Waals surface area contributed by atoms with E-state index in [0.29, 0.717) is 71.1 Å². The molecule has 0 aromatic carbocycles. The van der Waals surface area contributed by atoms with Crippen molar-refractivity contribution in [2.24, 2.45) is 0 Å². The zero-order chi connectivity index (χ0) is 21.2. The van der Waals surface area contributed by atoms with Crippen LogP contribution in [-0.2, 0) is 47.6 Å². The van der Waals surface area contributed by atoms with Gasteiger partial charge in [0.15, 0.2) is 0 Å². The van der Waals surface area contributed by atoms with E-state index >= 15 is 0 Å². The van der Waals surface area contributed by atoms with Crippen LogP contribution in [0.15, 0.2) is 0 Å². The molecule has 0 aliphatic carbocycles. The van der Waals surface area contributed by atoms with Crippen molar-refractivity contribution >= 4 is 17.8 Å². The third-order valence-corrected chi connectivity index (χ3v) is 3.57. The Morgan fingerprint density at radius 2 is 1.07 bits per heavy atom. The van der Waals surface area contributed by atoms with Gasteiger partial charge in [0.25, 0.3) is 11.8 Å². The number of hydrogen-bond acceptors (Lipinski definition) is 10. The summed E-state index contributed by atoms with van der Waals surface area (Å²) in [6.07, 6.45) is 0.0829. The van der Waals surface area contributed by atoms with Crippen LogP contribution in [0, 0.1) is 0 Å². The van der Waals surface area contributed by atoms with Crippen molar-refractivity contribution in [3.05, 3.63) is 0 Å². The van der Waals surface area contributed by atoms with Gasteiger partial charge in [-0.1, -0.05) is 0 Å². The van der Waals surface area contributed by atoms with E-state index in [0.717, 1.165) is 0 Å². The molecule has 0 bridgehead atoms. The van der Waals surface area contributed by atoms with Gasteiger partial charge in [-0.2, -0.15) is 0 Å². The molecule has 11 heteroatoms. The van der Waals surface area contributed by atoms with Crippen LogP contribution in [0.25, 0.3) is 0 Å². The molecule has 0 N–H and O–H groups in total. The maximum Gasteiger partial charge on any atom is 0.335 e. The van der Waals surface area contributed by atoms with Crippen LogP contribution in [0.5, 0.6) is 0 Å². The molecule has 29 heavy (non-hydrogen) atoms. The summed E-state index contributed by atoms with van der Waals surface area (Å²) in [5.41, 5.74) is 0. The first-order valence-electron chi connectivity index (χ1n) is 9.59. The Balaban J connectivity index is 1.77. The molecule has 1 heterocycles. The lowest BCUT2D eigenvalue weighted by Gasteiger charge is -2.12. The van der Waals surface area contributed by atoms with E-state index in [1.165, 1.54) is 0 Å². The number of hydroxylamine groups is 2. The number of imide groups is 1. The fraction of sp³-hybridized carbons (Fsp3) is 0.833. The first-order chi connectivity index (χ1) is 14.1. The third kappa shape index (κ3) is 13.3. The number of amides is 2. The van der Waals surface area contributed by atoms with E-state index in [9.17, 15) is 14.4 Å². The number of ether oxygens (including phenoxy) is 6. The van der Waals surface area contributed by atoms with Gasteiger partial charge >= 0.3 is 5.97 Å². The highest BCUT2D eigenvalue weighted by atomic mass is 16.7. The summed E-state index contributed by atoms with van der Waals surface area (Å²) in [6, 6.07) is 0. The molecule has 168 valence electrons. The minimum absolute atomic E-state index is 0.0579. The van der Waals surface area contributed by atoms with Crippen LogP contribution in [0.3, 0.4) is 0 Å². The molecule has 1 rings (SSSR count). The Hall–Kier alpha value is -1.63. The van der Waals surface area contributed by atoms with Crippen LogP contribution >= 0.6 is 0 Å². The molecule has 1 fully saturated rings. The van der Waals surface area contributed by atoms with E-state index in [1.807, 2.05) is 0 Å². The van der Waals surface area contributed by atoms with E-state index < -0.39 is 17.8 Å². The van der Waals surface area contributed by atoms with Crippen molar-refractivity contribution in [3.8, 4) is 0 Å². The van der Waals surface area contributed by atoms with Gasteiger partial charge in [-0.3, -0.25) is 9.59 Å². The predicted molar refractivity (Wildman–Crippen MR) is 97.8 cm³/mol. The van der Waals surface area contributed by atoms with Crippen molar-refractivity contribution in [2.45, 2.75) is 19.3 Å². The van der Waals surface area contributed by atoms with Gasteiger partial charge in [0, 0.05) is 20.0 Å². The lowest BCUT2D eigenvalue weighted by atomic mass is 10.4. The monoisotopic (exact) mass is 421 g/mol. The Morgan fingerprint density at radius 1 is 0.690 bits per heavy atom. The second-order valence-electron chi connectivity index (χ2n) is 5.85. The molecule has 0 spiro atoms. The first kappa shape index (κ1) is 25.4. The predicted octanol–water partition coefficient (Wildman–Crippen LogP) is -0.287. The number of carbonyl (C=O) groups is 3. The number of nitrogens with zero attached hydrogens (tertiary/aromatic N) is 1. The summed E-state index contributed by atoms with van der Waals surface area (Å²) in [4.78, 5) is 38.9. The molecule has 0 atom stereocenters. The van der Waals surface area contributed by atoms with Crippen LogP contribution in [-0.4, -0.2) is 103 Å². The normalized spacial score (nSPS) is 14.0. The standard InChI is InChI=1S/C18H31NO10/c1-23-6-7-25-10-11-27-14-15-28-13-12-26-9-8-24-5-4-18(22)29-19-16(20)2-3-17(19)21/h2-15H2,1H3. The Morgan fingerprint density at radius 3 is 1.48 bits per heavy atom. The average Bonchev–Trinajstić information content (AvgIpc) is 3.02. The Kier molecular flexibility index (Phi) is 15.1. The maximum atomic E-state index is 11.5. The molecular formula is C18H31NO10. The number of carbonyl (C=O) groups excluding carboxylic acids is 3. The summed E-state index contributed by atoms with van der Waals surface area (Å²) in [6.45, 7) is 4.77.